The molecule has 1 aliphatic carbocycles. The fourth-order valence-corrected chi connectivity index (χ4v) is 2.93. The largest absolute Gasteiger partial charge is 0.381 e. The number of carbonyl (C=O) groups excluding carboxylic acids is 1. The lowest BCUT2D eigenvalue weighted by atomic mass is 9.84. The molecule has 102 valence electrons. The fourth-order valence-electron chi connectivity index (χ4n) is 2.93. The molecular formula is C15H24O3. The number of ether oxygens (including phenoxy) is 2. The molecule has 0 saturated carbocycles. The molecule has 0 aromatic carbocycles. The quantitative estimate of drug-likeness (QED) is 0.771. The van der Waals surface area contributed by atoms with Gasteiger partial charge < -0.3 is 9.47 Å². The van der Waals surface area contributed by atoms with Crippen LogP contribution in [0.25, 0.3) is 0 Å². The molecule has 1 heterocycles. The average Bonchev–Trinajstić information content (AvgIpc) is 2.68. The van der Waals surface area contributed by atoms with E-state index in [4.69, 9.17) is 9.47 Å². The van der Waals surface area contributed by atoms with E-state index in [9.17, 15) is 4.79 Å². The summed E-state index contributed by atoms with van der Waals surface area (Å²) in [6, 6.07) is 0. The Bertz CT molecular complexity index is 308. The van der Waals surface area contributed by atoms with E-state index < -0.39 is 5.60 Å². The van der Waals surface area contributed by atoms with Crippen molar-refractivity contribution in [3.05, 3.63) is 11.6 Å². The van der Waals surface area contributed by atoms with Gasteiger partial charge in [-0.3, -0.25) is 4.79 Å². The second-order valence-electron chi connectivity index (χ2n) is 5.20. The van der Waals surface area contributed by atoms with Crippen LogP contribution in [-0.4, -0.2) is 31.2 Å². The molecule has 1 saturated heterocycles. The van der Waals surface area contributed by atoms with Gasteiger partial charge in [0.25, 0.3) is 0 Å². The third-order valence-electron chi connectivity index (χ3n) is 3.97. The summed E-state index contributed by atoms with van der Waals surface area (Å²) in [4.78, 5) is 12.8. The number of Topliss-reactive ketones (excluding diaryl/α,β-unsaturated/α-hetero) is 1. The van der Waals surface area contributed by atoms with Crippen LogP contribution >= 0.6 is 0 Å². The fraction of sp³-hybridized carbons (Fsp3) is 0.800. The molecule has 1 aliphatic heterocycles. The van der Waals surface area contributed by atoms with Crippen LogP contribution < -0.4 is 0 Å². The number of hydrogen-bond donors (Lipinski definition) is 0. The van der Waals surface area contributed by atoms with E-state index in [0.29, 0.717) is 32.7 Å². The minimum Gasteiger partial charge on any atom is -0.381 e. The summed E-state index contributed by atoms with van der Waals surface area (Å²) < 4.78 is 11.2. The summed E-state index contributed by atoms with van der Waals surface area (Å²) in [5.74, 6) is 0.231. The predicted molar refractivity (Wildman–Crippen MR) is 70.6 cm³/mol. The van der Waals surface area contributed by atoms with Crippen LogP contribution in [0.1, 0.15) is 51.9 Å². The second kappa shape index (κ2) is 6.48. The van der Waals surface area contributed by atoms with E-state index in [-0.39, 0.29) is 5.78 Å². The molecule has 0 N–H and O–H groups in total. The summed E-state index contributed by atoms with van der Waals surface area (Å²) in [7, 11) is 0. The molecule has 0 aromatic heterocycles. The summed E-state index contributed by atoms with van der Waals surface area (Å²) in [6.45, 7) is 3.84. The Morgan fingerprint density at radius 3 is 2.83 bits per heavy atom. The molecule has 0 radical (unpaired) electrons. The van der Waals surface area contributed by atoms with E-state index in [0.717, 1.165) is 24.8 Å². The topological polar surface area (TPSA) is 35.5 Å². The monoisotopic (exact) mass is 252 g/mol. The van der Waals surface area contributed by atoms with Crippen molar-refractivity contribution < 1.29 is 14.3 Å². The van der Waals surface area contributed by atoms with Crippen LogP contribution in [0.2, 0.25) is 0 Å². The van der Waals surface area contributed by atoms with Crippen LogP contribution in [0.15, 0.2) is 11.6 Å². The first-order valence-electron chi connectivity index (χ1n) is 7.24. The number of carbonyl (C=O) groups is 1. The van der Waals surface area contributed by atoms with Crippen LogP contribution in [-0.2, 0) is 14.3 Å². The van der Waals surface area contributed by atoms with Crippen molar-refractivity contribution >= 4 is 5.78 Å². The standard InChI is InChI=1S/C15H24O3/c1-2-18-15(9-11-17-12-10-15)14(16)13-7-5-3-4-6-8-13/h7H,2-6,8-12H2,1H3. The highest BCUT2D eigenvalue weighted by Crippen LogP contribution is 2.31. The van der Waals surface area contributed by atoms with Crippen LogP contribution in [0.3, 0.4) is 0 Å². The Hall–Kier alpha value is -0.670. The first-order valence-corrected chi connectivity index (χ1v) is 7.24. The molecular weight excluding hydrogens is 228 g/mol. The van der Waals surface area contributed by atoms with Gasteiger partial charge in [0.05, 0.1) is 0 Å². The van der Waals surface area contributed by atoms with Gasteiger partial charge in [0, 0.05) is 32.7 Å². The van der Waals surface area contributed by atoms with Crippen LogP contribution in [0, 0.1) is 0 Å². The molecule has 3 heteroatoms. The van der Waals surface area contributed by atoms with Crippen molar-refractivity contribution in [2.75, 3.05) is 19.8 Å². The lowest BCUT2D eigenvalue weighted by Crippen LogP contribution is -2.47. The summed E-state index contributed by atoms with van der Waals surface area (Å²) >= 11 is 0. The highest BCUT2D eigenvalue weighted by molar-refractivity contribution is 6.02. The molecule has 1 fully saturated rings. The molecule has 0 atom stereocenters. The average molecular weight is 252 g/mol. The molecule has 2 aliphatic rings. The minimum absolute atomic E-state index is 0.231. The smallest absolute Gasteiger partial charge is 0.190 e. The maximum absolute atomic E-state index is 12.8. The number of rotatable bonds is 4. The van der Waals surface area contributed by atoms with Gasteiger partial charge in [-0.1, -0.05) is 12.5 Å². The van der Waals surface area contributed by atoms with Gasteiger partial charge >= 0.3 is 0 Å². The molecule has 0 aromatic rings. The zero-order valence-corrected chi connectivity index (χ0v) is 11.4. The normalized spacial score (nSPS) is 24.2. The minimum atomic E-state index is -0.594. The Balaban J connectivity index is 2.13. The van der Waals surface area contributed by atoms with Crippen molar-refractivity contribution in [3.8, 4) is 0 Å². The van der Waals surface area contributed by atoms with Gasteiger partial charge in [0.2, 0.25) is 0 Å². The number of ketones is 1. The molecule has 3 nitrogen and oxygen atoms in total. The summed E-state index contributed by atoms with van der Waals surface area (Å²) in [5, 5.41) is 0. The van der Waals surface area contributed by atoms with E-state index in [1.807, 2.05) is 6.92 Å². The van der Waals surface area contributed by atoms with Crippen LogP contribution in [0.4, 0.5) is 0 Å². The van der Waals surface area contributed by atoms with Crippen molar-refractivity contribution in [1.29, 1.82) is 0 Å². The Labute approximate surface area is 110 Å². The molecule has 0 amide bonds. The molecule has 18 heavy (non-hydrogen) atoms. The third kappa shape index (κ3) is 3.01. The third-order valence-corrected chi connectivity index (χ3v) is 3.97. The highest BCUT2D eigenvalue weighted by Gasteiger charge is 2.41. The molecule has 0 unspecified atom stereocenters. The zero-order chi connectivity index (χ0) is 12.8. The maximum Gasteiger partial charge on any atom is 0.190 e. The van der Waals surface area contributed by atoms with Gasteiger partial charge in [-0.05, 0) is 38.2 Å². The zero-order valence-electron chi connectivity index (χ0n) is 11.4. The molecule has 2 rings (SSSR count). The Morgan fingerprint density at radius 2 is 2.11 bits per heavy atom. The van der Waals surface area contributed by atoms with Gasteiger partial charge in [-0.2, -0.15) is 0 Å². The van der Waals surface area contributed by atoms with Gasteiger partial charge in [0.15, 0.2) is 5.78 Å². The van der Waals surface area contributed by atoms with E-state index in [1.54, 1.807) is 0 Å². The number of allylic oxidation sites excluding steroid dienone is 1. The van der Waals surface area contributed by atoms with Gasteiger partial charge in [-0.15, -0.1) is 0 Å². The molecule has 0 bridgehead atoms. The lowest BCUT2D eigenvalue weighted by Gasteiger charge is -2.36. The Kier molecular flexibility index (Phi) is 4.95. The van der Waals surface area contributed by atoms with Crippen LogP contribution in [0.5, 0.6) is 0 Å². The van der Waals surface area contributed by atoms with Gasteiger partial charge in [0.1, 0.15) is 5.60 Å². The van der Waals surface area contributed by atoms with E-state index >= 15 is 0 Å². The van der Waals surface area contributed by atoms with Gasteiger partial charge in [-0.25, -0.2) is 0 Å². The maximum atomic E-state index is 12.8. The van der Waals surface area contributed by atoms with E-state index in [2.05, 4.69) is 6.08 Å². The Morgan fingerprint density at radius 1 is 1.33 bits per heavy atom. The van der Waals surface area contributed by atoms with Crippen molar-refractivity contribution in [2.45, 2.75) is 57.5 Å². The SMILES string of the molecule is CCOC1(C(=O)C2=CCCCCC2)CCOCC1. The first-order chi connectivity index (χ1) is 8.78. The van der Waals surface area contributed by atoms with Crippen molar-refractivity contribution in [1.82, 2.24) is 0 Å². The van der Waals surface area contributed by atoms with Crippen molar-refractivity contribution in [2.24, 2.45) is 0 Å². The summed E-state index contributed by atoms with van der Waals surface area (Å²) in [6.07, 6.45) is 9.10. The lowest BCUT2D eigenvalue weighted by molar-refractivity contribution is -0.153. The molecule has 0 spiro atoms. The second-order valence-corrected chi connectivity index (χ2v) is 5.20. The van der Waals surface area contributed by atoms with Crippen molar-refractivity contribution in [3.63, 3.8) is 0 Å². The van der Waals surface area contributed by atoms with E-state index in [1.165, 1.54) is 12.8 Å². The summed E-state index contributed by atoms with van der Waals surface area (Å²) in [5.41, 5.74) is 0.409. The first kappa shape index (κ1) is 13.8. The predicted octanol–water partition coefficient (Wildman–Crippen LogP) is 3.03. The number of hydrogen-bond acceptors (Lipinski definition) is 3. The highest BCUT2D eigenvalue weighted by atomic mass is 16.5.